The topological polar surface area (TPSA) is 91.9 Å². The van der Waals surface area contributed by atoms with E-state index in [1.165, 1.54) is 6.07 Å². The highest BCUT2D eigenvalue weighted by Crippen LogP contribution is 2.36. The van der Waals surface area contributed by atoms with Crippen molar-refractivity contribution in [2.24, 2.45) is 0 Å². The fraction of sp³-hybridized carbons (Fsp3) is 0.161. The van der Waals surface area contributed by atoms with E-state index in [-0.39, 0.29) is 11.6 Å². The van der Waals surface area contributed by atoms with Gasteiger partial charge in [-0.3, -0.25) is 4.79 Å². The number of nitrogens with one attached hydrogen (secondary N) is 3. The fourth-order valence-corrected chi connectivity index (χ4v) is 4.56. The molecule has 4 aromatic carbocycles. The minimum absolute atomic E-state index is 0.0666. The van der Waals surface area contributed by atoms with Gasteiger partial charge in [-0.2, -0.15) is 13.2 Å². The molecular formula is C31H26ClF3N4O4. The third-order valence-corrected chi connectivity index (χ3v) is 6.80. The van der Waals surface area contributed by atoms with Crippen LogP contribution in [0.2, 0.25) is 5.02 Å². The summed E-state index contributed by atoms with van der Waals surface area (Å²) >= 11 is 5.62. The average Bonchev–Trinajstić information content (AvgIpc) is 2.99. The van der Waals surface area contributed by atoms with Crippen molar-refractivity contribution in [3.8, 4) is 11.5 Å². The van der Waals surface area contributed by atoms with E-state index in [1.54, 1.807) is 48.5 Å². The summed E-state index contributed by atoms with van der Waals surface area (Å²) in [5, 5.41) is 7.32. The number of ether oxygens (including phenoxy) is 2. The maximum atomic E-state index is 13.1. The van der Waals surface area contributed by atoms with E-state index in [2.05, 4.69) is 20.9 Å². The third-order valence-electron chi connectivity index (χ3n) is 6.48. The number of carbonyl (C=O) groups is 2. The van der Waals surface area contributed by atoms with Crippen molar-refractivity contribution in [1.82, 2.24) is 0 Å². The van der Waals surface area contributed by atoms with Crippen LogP contribution in [0.4, 0.5) is 40.7 Å². The first kappa shape index (κ1) is 29.7. The first-order valence-corrected chi connectivity index (χ1v) is 13.6. The Bertz CT molecular complexity index is 1590. The lowest BCUT2D eigenvalue weighted by molar-refractivity contribution is -0.137. The van der Waals surface area contributed by atoms with Gasteiger partial charge in [0.15, 0.2) is 0 Å². The lowest BCUT2D eigenvalue weighted by Gasteiger charge is -2.28. The number of morpholine rings is 1. The monoisotopic (exact) mass is 610 g/mol. The molecule has 0 atom stereocenters. The molecule has 1 aliphatic rings. The molecule has 5 rings (SSSR count). The van der Waals surface area contributed by atoms with Gasteiger partial charge in [0.2, 0.25) is 0 Å². The molecule has 3 amide bonds. The van der Waals surface area contributed by atoms with Crippen LogP contribution in [0.25, 0.3) is 0 Å². The zero-order chi connectivity index (χ0) is 30.4. The van der Waals surface area contributed by atoms with Gasteiger partial charge in [0, 0.05) is 41.4 Å². The summed E-state index contributed by atoms with van der Waals surface area (Å²) in [7, 11) is 0. The van der Waals surface area contributed by atoms with Crippen molar-refractivity contribution >= 4 is 46.3 Å². The molecule has 4 aromatic rings. The zero-order valence-corrected chi connectivity index (χ0v) is 23.3. The van der Waals surface area contributed by atoms with Crippen LogP contribution in [0, 0.1) is 0 Å². The minimum Gasteiger partial charge on any atom is -0.457 e. The molecule has 0 aromatic heterocycles. The molecular weight excluding hydrogens is 585 g/mol. The molecule has 222 valence electrons. The van der Waals surface area contributed by atoms with Crippen molar-refractivity contribution in [2.45, 2.75) is 6.18 Å². The van der Waals surface area contributed by atoms with Gasteiger partial charge in [0.1, 0.15) is 11.5 Å². The molecule has 1 heterocycles. The Labute approximate surface area is 250 Å². The molecule has 0 bridgehead atoms. The zero-order valence-electron chi connectivity index (χ0n) is 22.6. The highest BCUT2D eigenvalue weighted by Gasteiger charge is 2.33. The average molecular weight is 611 g/mol. The van der Waals surface area contributed by atoms with Gasteiger partial charge in [0.25, 0.3) is 5.91 Å². The number of amides is 3. The maximum Gasteiger partial charge on any atom is 0.417 e. The van der Waals surface area contributed by atoms with Gasteiger partial charge < -0.3 is 30.3 Å². The molecule has 1 saturated heterocycles. The SMILES string of the molecule is O=C(Nc1ccc(Oc2cccc(C(=O)Nc3ccc(N4CCOCC4)cc3)c2)cc1)Nc1ccc(Cl)c(C(F)(F)F)c1. The van der Waals surface area contributed by atoms with Gasteiger partial charge in [-0.25, -0.2) is 4.79 Å². The molecule has 12 heteroatoms. The van der Waals surface area contributed by atoms with Crippen LogP contribution < -0.4 is 25.6 Å². The molecule has 0 unspecified atom stereocenters. The second kappa shape index (κ2) is 13.1. The molecule has 0 radical (unpaired) electrons. The Balaban J connectivity index is 1.15. The van der Waals surface area contributed by atoms with Crippen molar-refractivity contribution in [2.75, 3.05) is 47.2 Å². The normalized spacial score (nSPS) is 13.3. The van der Waals surface area contributed by atoms with Crippen LogP contribution in [0.1, 0.15) is 15.9 Å². The van der Waals surface area contributed by atoms with E-state index >= 15 is 0 Å². The van der Waals surface area contributed by atoms with Crippen molar-refractivity contribution in [1.29, 1.82) is 0 Å². The van der Waals surface area contributed by atoms with Gasteiger partial charge >= 0.3 is 12.2 Å². The Morgan fingerprint density at radius 1 is 0.767 bits per heavy atom. The summed E-state index contributed by atoms with van der Waals surface area (Å²) in [5.41, 5.74) is 1.40. The van der Waals surface area contributed by atoms with E-state index in [4.69, 9.17) is 21.1 Å². The number of hydrogen-bond acceptors (Lipinski definition) is 5. The Morgan fingerprint density at radius 2 is 1.40 bits per heavy atom. The van der Waals surface area contributed by atoms with Crippen molar-refractivity contribution < 1.29 is 32.2 Å². The number of urea groups is 1. The smallest absolute Gasteiger partial charge is 0.417 e. The predicted molar refractivity (Wildman–Crippen MR) is 159 cm³/mol. The van der Waals surface area contributed by atoms with Crippen LogP contribution in [0.15, 0.2) is 91.0 Å². The summed E-state index contributed by atoms with van der Waals surface area (Å²) in [4.78, 5) is 27.4. The number of nitrogens with zero attached hydrogens (tertiary/aromatic N) is 1. The van der Waals surface area contributed by atoms with Gasteiger partial charge in [-0.05, 0) is 84.9 Å². The number of halogens is 4. The van der Waals surface area contributed by atoms with E-state index in [0.29, 0.717) is 41.7 Å². The molecule has 43 heavy (non-hydrogen) atoms. The summed E-state index contributed by atoms with van der Waals surface area (Å²) < 4.78 is 50.5. The summed E-state index contributed by atoms with van der Waals surface area (Å²) in [6, 6.07) is 23.0. The Hall–Kier alpha value is -4.74. The highest BCUT2D eigenvalue weighted by molar-refractivity contribution is 6.31. The minimum atomic E-state index is -4.65. The highest BCUT2D eigenvalue weighted by atomic mass is 35.5. The molecule has 1 aliphatic heterocycles. The molecule has 0 aliphatic carbocycles. The van der Waals surface area contributed by atoms with E-state index in [1.807, 2.05) is 24.3 Å². The first-order chi connectivity index (χ1) is 20.6. The molecule has 3 N–H and O–H groups in total. The van der Waals surface area contributed by atoms with Crippen molar-refractivity contribution in [3.63, 3.8) is 0 Å². The Kier molecular flexibility index (Phi) is 9.03. The van der Waals surface area contributed by atoms with Gasteiger partial charge in [0.05, 0.1) is 23.8 Å². The predicted octanol–water partition coefficient (Wildman–Crippen LogP) is 7.88. The van der Waals surface area contributed by atoms with Crippen molar-refractivity contribution in [3.05, 3.63) is 107 Å². The Morgan fingerprint density at radius 3 is 2.09 bits per heavy atom. The standard InChI is InChI=1S/C31H26ClF3N4O4/c32-28-13-8-23(19-27(28)31(33,34)35)38-30(41)37-22-6-11-25(12-7-22)43-26-3-1-2-20(18-26)29(40)36-21-4-9-24(10-5-21)39-14-16-42-17-15-39/h1-13,18-19H,14-17H2,(H,36,40)(H2,37,38,41). The lowest BCUT2D eigenvalue weighted by Crippen LogP contribution is -2.36. The number of anilines is 4. The second-order valence-electron chi connectivity index (χ2n) is 9.53. The van der Waals surface area contributed by atoms with Crippen LogP contribution >= 0.6 is 11.6 Å². The van der Waals surface area contributed by atoms with E-state index in [9.17, 15) is 22.8 Å². The van der Waals surface area contributed by atoms with Gasteiger partial charge in [-0.1, -0.05) is 17.7 Å². The maximum absolute atomic E-state index is 13.1. The first-order valence-electron chi connectivity index (χ1n) is 13.2. The lowest BCUT2D eigenvalue weighted by atomic mass is 10.2. The van der Waals surface area contributed by atoms with Gasteiger partial charge in [-0.15, -0.1) is 0 Å². The third kappa shape index (κ3) is 7.97. The fourth-order valence-electron chi connectivity index (χ4n) is 4.34. The summed E-state index contributed by atoms with van der Waals surface area (Å²) in [6.07, 6.45) is -4.65. The summed E-state index contributed by atoms with van der Waals surface area (Å²) in [6.45, 7) is 3.04. The van der Waals surface area contributed by atoms with Crippen LogP contribution in [-0.2, 0) is 10.9 Å². The molecule has 1 fully saturated rings. The number of carbonyl (C=O) groups excluding carboxylic acids is 2. The molecule has 0 saturated carbocycles. The largest absolute Gasteiger partial charge is 0.457 e. The van der Waals surface area contributed by atoms with Crippen LogP contribution in [0.5, 0.6) is 11.5 Å². The molecule has 0 spiro atoms. The number of rotatable bonds is 7. The summed E-state index contributed by atoms with van der Waals surface area (Å²) in [5.74, 6) is 0.574. The second-order valence-corrected chi connectivity index (χ2v) is 9.93. The number of benzene rings is 4. The van der Waals surface area contributed by atoms with E-state index in [0.717, 1.165) is 30.9 Å². The number of alkyl halides is 3. The quantitative estimate of drug-likeness (QED) is 0.198. The number of hydrogen-bond donors (Lipinski definition) is 3. The van der Waals surface area contributed by atoms with E-state index < -0.39 is 22.8 Å². The van der Waals surface area contributed by atoms with Crippen LogP contribution in [0.3, 0.4) is 0 Å². The van der Waals surface area contributed by atoms with Crippen LogP contribution in [-0.4, -0.2) is 38.2 Å². The molecule has 8 nitrogen and oxygen atoms in total.